The first kappa shape index (κ1) is 15.6. The largest absolute Gasteiger partial charge is 0.479 e. The molecule has 5 nitrogen and oxygen atoms in total. The zero-order chi connectivity index (χ0) is 15.1. The van der Waals surface area contributed by atoms with E-state index in [2.05, 4.69) is 4.72 Å². The Hall–Kier alpha value is -1.74. The van der Waals surface area contributed by atoms with Crippen molar-refractivity contribution in [2.75, 3.05) is 17.1 Å². The zero-order valence-electron chi connectivity index (χ0n) is 11.9. The van der Waals surface area contributed by atoms with Crippen LogP contribution in [0.4, 0.5) is 5.69 Å². The molecular weight excluding hydrogens is 288 g/mol. The summed E-state index contributed by atoms with van der Waals surface area (Å²) in [5.74, 6) is 0.916. The van der Waals surface area contributed by atoms with Crippen molar-refractivity contribution in [2.45, 2.75) is 32.1 Å². The molecule has 0 unspecified atom stereocenters. The van der Waals surface area contributed by atoms with Gasteiger partial charge >= 0.3 is 0 Å². The minimum absolute atomic E-state index is 0.0573. The van der Waals surface area contributed by atoms with E-state index in [0.717, 1.165) is 25.7 Å². The molecule has 1 aromatic rings. The van der Waals surface area contributed by atoms with Crippen LogP contribution in [0.3, 0.4) is 0 Å². The Morgan fingerprint density at radius 1 is 1.29 bits per heavy atom. The number of sulfonamides is 1. The maximum Gasteiger partial charge on any atom is 0.232 e. The van der Waals surface area contributed by atoms with Crippen LogP contribution in [0.1, 0.15) is 32.1 Å². The molecule has 0 spiro atoms. The molecule has 0 aliphatic heterocycles. The van der Waals surface area contributed by atoms with E-state index in [1.54, 1.807) is 24.3 Å². The minimum Gasteiger partial charge on any atom is -0.479 e. The highest BCUT2D eigenvalue weighted by Crippen LogP contribution is 2.26. The Balaban J connectivity index is 1.97. The average Bonchev–Trinajstić information content (AvgIpc) is 2.45. The normalized spacial score (nSPS) is 16.1. The molecule has 0 heterocycles. The predicted molar refractivity (Wildman–Crippen MR) is 81.5 cm³/mol. The molecule has 2 rings (SSSR count). The summed E-state index contributed by atoms with van der Waals surface area (Å²) in [4.78, 5) is 0. The summed E-state index contributed by atoms with van der Waals surface area (Å²) in [5.41, 5.74) is 0.473. The van der Waals surface area contributed by atoms with Gasteiger partial charge in [0, 0.05) is 6.07 Å². The lowest BCUT2D eigenvalue weighted by Gasteiger charge is -2.21. The van der Waals surface area contributed by atoms with Gasteiger partial charge in [-0.2, -0.15) is 5.26 Å². The van der Waals surface area contributed by atoms with E-state index >= 15 is 0 Å². The Morgan fingerprint density at radius 2 is 2.05 bits per heavy atom. The molecule has 1 aliphatic carbocycles. The molecule has 21 heavy (non-hydrogen) atoms. The SMILES string of the molecule is N#CCOc1cccc(NS(=O)(=O)CC2CCCCC2)c1. The quantitative estimate of drug-likeness (QED) is 0.876. The third-order valence-corrected chi connectivity index (χ3v) is 5.05. The Kier molecular flexibility index (Phi) is 5.45. The number of hydrogen-bond acceptors (Lipinski definition) is 4. The van der Waals surface area contributed by atoms with Gasteiger partial charge in [-0.05, 0) is 30.9 Å². The highest BCUT2D eigenvalue weighted by atomic mass is 32.2. The molecule has 1 aromatic carbocycles. The van der Waals surface area contributed by atoms with Gasteiger partial charge in [-0.25, -0.2) is 8.42 Å². The van der Waals surface area contributed by atoms with Gasteiger partial charge in [-0.15, -0.1) is 0 Å². The summed E-state index contributed by atoms with van der Waals surface area (Å²) in [6.45, 7) is -0.0573. The molecule has 1 aliphatic rings. The summed E-state index contributed by atoms with van der Waals surface area (Å²) in [6.07, 6.45) is 5.44. The summed E-state index contributed by atoms with van der Waals surface area (Å²) in [5, 5.41) is 8.48. The lowest BCUT2D eigenvalue weighted by molar-refractivity contribution is 0.368. The molecule has 1 N–H and O–H groups in total. The molecule has 1 saturated carbocycles. The van der Waals surface area contributed by atoms with Crippen LogP contribution in [0.2, 0.25) is 0 Å². The summed E-state index contributed by atoms with van der Waals surface area (Å²) >= 11 is 0. The number of nitrogens with zero attached hydrogens (tertiary/aromatic N) is 1. The maximum atomic E-state index is 12.2. The van der Waals surface area contributed by atoms with Gasteiger partial charge in [0.25, 0.3) is 0 Å². The van der Waals surface area contributed by atoms with Crippen molar-refractivity contribution in [3.8, 4) is 11.8 Å². The number of benzene rings is 1. The van der Waals surface area contributed by atoms with Crippen molar-refractivity contribution in [3.63, 3.8) is 0 Å². The molecule has 0 bridgehead atoms. The fourth-order valence-electron chi connectivity index (χ4n) is 2.65. The maximum absolute atomic E-state index is 12.2. The number of ether oxygens (including phenoxy) is 1. The number of anilines is 1. The van der Waals surface area contributed by atoms with E-state index in [9.17, 15) is 8.42 Å². The summed E-state index contributed by atoms with van der Waals surface area (Å²) in [6, 6.07) is 8.54. The van der Waals surface area contributed by atoms with Crippen molar-refractivity contribution in [3.05, 3.63) is 24.3 Å². The van der Waals surface area contributed by atoms with Gasteiger partial charge in [-0.3, -0.25) is 4.72 Å². The molecule has 0 atom stereocenters. The van der Waals surface area contributed by atoms with Gasteiger partial charge < -0.3 is 4.74 Å². The second-order valence-electron chi connectivity index (χ2n) is 5.36. The van der Waals surface area contributed by atoms with Crippen molar-refractivity contribution in [2.24, 2.45) is 5.92 Å². The molecule has 0 radical (unpaired) electrons. The monoisotopic (exact) mass is 308 g/mol. The van der Waals surface area contributed by atoms with Gasteiger partial charge in [0.15, 0.2) is 6.61 Å². The van der Waals surface area contributed by atoms with Crippen LogP contribution in [0.15, 0.2) is 24.3 Å². The number of rotatable bonds is 6. The average molecular weight is 308 g/mol. The van der Waals surface area contributed by atoms with Crippen LogP contribution in [-0.4, -0.2) is 20.8 Å². The third-order valence-electron chi connectivity index (χ3n) is 3.59. The molecule has 114 valence electrons. The number of nitriles is 1. The van der Waals surface area contributed by atoms with Crippen LogP contribution in [-0.2, 0) is 10.0 Å². The topological polar surface area (TPSA) is 79.2 Å². The van der Waals surface area contributed by atoms with Crippen LogP contribution in [0.5, 0.6) is 5.75 Å². The third kappa shape index (κ3) is 5.27. The lowest BCUT2D eigenvalue weighted by atomic mass is 9.91. The summed E-state index contributed by atoms with van der Waals surface area (Å²) in [7, 11) is -3.34. The van der Waals surface area contributed by atoms with E-state index in [1.807, 2.05) is 6.07 Å². The van der Waals surface area contributed by atoms with E-state index in [1.165, 1.54) is 6.42 Å². The van der Waals surface area contributed by atoms with E-state index < -0.39 is 10.0 Å². The lowest BCUT2D eigenvalue weighted by Crippen LogP contribution is -2.24. The highest BCUT2D eigenvalue weighted by molar-refractivity contribution is 7.92. The highest BCUT2D eigenvalue weighted by Gasteiger charge is 2.21. The molecule has 1 fully saturated rings. The smallest absolute Gasteiger partial charge is 0.232 e. The van der Waals surface area contributed by atoms with Crippen molar-refractivity contribution < 1.29 is 13.2 Å². The molecule has 0 saturated heterocycles. The molecule has 0 aromatic heterocycles. The van der Waals surface area contributed by atoms with Crippen LogP contribution in [0.25, 0.3) is 0 Å². The summed E-state index contributed by atoms with van der Waals surface area (Å²) < 4.78 is 32.1. The second-order valence-corrected chi connectivity index (χ2v) is 7.13. The standard InChI is InChI=1S/C15H20N2O3S/c16-9-10-20-15-8-4-7-14(11-15)17-21(18,19)12-13-5-2-1-3-6-13/h4,7-8,11,13,17H,1-3,5-6,10,12H2. The van der Waals surface area contributed by atoms with Crippen LogP contribution in [0, 0.1) is 17.2 Å². The van der Waals surface area contributed by atoms with Crippen molar-refractivity contribution in [1.82, 2.24) is 0 Å². The molecule has 0 amide bonds. The van der Waals surface area contributed by atoms with Crippen LogP contribution >= 0.6 is 0 Å². The van der Waals surface area contributed by atoms with E-state index in [0.29, 0.717) is 11.4 Å². The Labute approximate surface area is 126 Å². The first-order valence-electron chi connectivity index (χ1n) is 7.19. The number of hydrogen-bond donors (Lipinski definition) is 1. The fraction of sp³-hybridized carbons (Fsp3) is 0.533. The number of nitrogens with one attached hydrogen (secondary N) is 1. The van der Waals surface area contributed by atoms with Gasteiger partial charge in [-0.1, -0.05) is 25.3 Å². The Bertz CT molecular complexity index is 602. The molecular formula is C15H20N2O3S. The first-order chi connectivity index (χ1) is 10.1. The van der Waals surface area contributed by atoms with Crippen LogP contribution < -0.4 is 9.46 Å². The van der Waals surface area contributed by atoms with Gasteiger partial charge in [0.1, 0.15) is 11.8 Å². The fourth-order valence-corrected chi connectivity index (χ4v) is 4.17. The predicted octanol–water partition coefficient (Wildman–Crippen LogP) is 2.91. The van der Waals surface area contributed by atoms with E-state index in [4.69, 9.17) is 10.00 Å². The molecule has 6 heteroatoms. The van der Waals surface area contributed by atoms with E-state index in [-0.39, 0.29) is 18.3 Å². The first-order valence-corrected chi connectivity index (χ1v) is 8.84. The Morgan fingerprint density at radius 3 is 2.76 bits per heavy atom. The minimum atomic E-state index is -3.34. The van der Waals surface area contributed by atoms with Crippen molar-refractivity contribution in [1.29, 1.82) is 5.26 Å². The zero-order valence-corrected chi connectivity index (χ0v) is 12.7. The van der Waals surface area contributed by atoms with Crippen molar-refractivity contribution >= 4 is 15.7 Å². The second kappa shape index (κ2) is 7.32. The van der Waals surface area contributed by atoms with Gasteiger partial charge in [0.2, 0.25) is 10.0 Å². The van der Waals surface area contributed by atoms with Gasteiger partial charge in [0.05, 0.1) is 11.4 Å².